The Bertz CT molecular complexity index is 253. The van der Waals surface area contributed by atoms with Crippen LogP contribution in [0.2, 0.25) is 0 Å². The van der Waals surface area contributed by atoms with Gasteiger partial charge in [-0.05, 0) is 18.9 Å². The maximum atomic E-state index is 5.76. The molecule has 0 saturated heterocycles. The summed E-state index contributed by atoms with van der Waals surface area (Å²) in [4.78, 5) is 8.23. The molecule has 0 aliphatic heterocycles. The summed E-state index contributed by atoms with van der Waals surface area (Å²) >= 11 is 0. The molecule has 3 heteroatoms. The Morgan fingerprint density at radius 2 is 2.17 bits per heavy atom. The summed E-state index contributed by atoms with van der Waals surface area (Å²) in [6, 6.07) is -0.122. The molecular weight excluding hydrogens is 150 g/mol. The summed E-state index contributed by atoms with van der Waals surface area (Å²) in [5.41, 5.74) is 6.81. The number of aryl methyl sites for hydroxylation is 1. The molecule has 1 heterocycles. The number of aromatic nitrogens is 2. The summed E-state index contributed by atoms with van der Waals surface area (Å²) in [6.45, 7) is 5.56. The number of nitrogens with two attached hydrogens (primary N) is 1. The molecule has 0 radical (unpaired) electrons. The lowest BCUT2D eigenvalue weighted by Crippen LogP contribution is -2.12. The number of hydrogen-bond donors (Lipinski definition) is 1. The van der Waals surface area contributed by atoms with Crippen LogP contribution in [0.25, 0.3) is 0 Å². The van der Waals surface area contributed by atoms with E-state index in [0.717, 1.165) is 5.56 Å². The highest BCUT2D eigenvalue weighted by Crippen LogP contribution is 2.07. The largest absolute Gasteiger partial charge is 0.321 e. The van der Waals surface area contributed by atoms with Gasteiger partial charge in [0.05, 0.1) is 6.04 Å². The zero-order chi connectivity index (χ0) is 8.97. The highest BCUT2D eigenvalue weighted by molar-refractivity contribution is 5.04. The molecule has 0 fully saturated rings. The van der Waals surface area contributed by atoms with Gasteiger partial charge in [-0.15, -0.1) is 6.58 Å². The smallest absolute Gasteiger partial charge is 0.145 e. The summed E-state index contributed by atoms with van der Waals surface area (Å²) in [5.74, 6) is 0.681. The lowest BCUT2D eigenvalue weighted by atomic mass is 10.2. The Balaban J connectivity index is 2.74. The van der Waals surface area contributed by atoms with Gasteiger partial charge in [-0.1, -0.05) is 6.08 Å². The van der Waals surface area contributed by atoms with Crippen LogP contribution in [-0.4, -0.2) is 9.97 Å². The predicted octanol–water partition coefficient (Wildman–Crippen LogP) is 1.36. The molecule has 0 aliphatic carbocycles. The molecule has 1 rings (SSSR count). The third kappa shape index (κ3) is 2.13. The topological polar surface area (TPSA) is 51.8 Å². The van der Waals surface area contributed by atoms with E-state index < -0.39 is 0 Å². The summed E-state index contributed by atoms with van der Waals surface area (Å²) in [7, 11) is 0. The standard InChI is InChI=1S/C9H13N3/c1-3-4-8(10)9-11-5-7(2)6-12-9/h3,5-6,8H,1,4,10H2,2H3. The van der Waals surface area contributed by atoms with Crippen molar-refractivity contribution in [3.63, 3.8) is 0 Å². The zero-order valence-electron chi connectivity index (χ0n) is 7.20. The number of rotatable bonds is 3. The van der Waals surface area contributed by atoms with Crippen molar-refractivity contribution >= 4 is 0 Å². The van der Waals surface area contributed by atoms with Crippen molar-refractivity contribution in [3.8, 4) is 0 Å². The van der Waals surface area contributed by atoms with Crippen LogP contribution in [0.15, 0.2) is 25.0 Å². The minimum absolute atomic E-state index is 0.122. The van der Waals surface area contributed by atoms with Gasteiger partial charge in [0.15, 0.2) is 0 Å². The maximum Gasteiger partial charge on any atom is 0.145 e. The first-order valence-corrected chi connectivity index (χ1v) is 3.89. The first kappa shape index (κ1) is 8.87. The minimum atomic E-state index is -0.122. The molecule has 12 heavy (non-hydrogen) atoms. The average molecular weight is 163 g/mol. The van der Waals surface area contributed by atoms with Gasteiger partial charge in [0.2, 0.25) is 0 Å². The molecule has 0 aromatic carbocycles. The first-order chi connectivity index (χ1) is 5.74. The Morgan fingerprint density at radius 3 is 2.67 bits per heavy atom. The highest BCUT2D eigenvalue weighted by Gasteiger charge is 2.05. The van der Waals surface area contributed by atoms with E-state index in [0.29, 0.717) is 12.2 Å². The molecule has 1 unspecified atom stereocenters. The summed E-state index contributed by atoms with van der Waals surface area (Å²) in [5, 5.41) is 0. The normalized spacial score (nSPS) is 12.5. The monoisotopic (exact) mass is 163 g/mol. The van der Waals surface area contributed by atoms with Crippen LogP contribution < -0.4 is 5.73 Å². The van der Waals surface area contributed by atoms with Gasteiger partial charge in [-0.2, -0.15) is 0 Å². The molecule has 2 N–H and O–H groups in total. The Morgan fingerprint density at radius 1 is 1.58 bits per heavy atom. The van der Waals surface area contributed by atoms with Gasteiger partial charge in [0.1, 0.15) is 5.82 Å². The molecule has 3 nitrogen and oxygen atoms in total. The summed E-state index contributed by atoms with van der Waals surface area (Å²) in [6.07, 6.45) is 6.02. The van der Waals surface area contributed by atoms with Gasteiger partial charge >= 0.3 is 0 Å². The molecule has 1 aromatic rings. The van der Waals surface area contributed by atoms with Gasteiger partial charge < -0.3 is 5.73 Å². The van der Waals surface area contributed by atoms with E-state index in [4.69, 9.17) is 5.73 Å². The van der Waals surface area contributed by atoms with Gasteiger partial charge in [0, 0.05) is 12.4 Å². The summed E-state index contributed by atoms with van der Waals surface area (Å²) < 4.78 is 0. The van der Waals surface area contributed by atoms with E-state index in [9.17, 15) is 0 Å². The second kappa shape index (κ2) is 3.97. The molecule has 0 aliphatic rings. The Hall–Kier alpha value is -1.22. The fourth-order valence-corrected chi connectivity index (χ4v) is 0.879. The van der Waals surface area contributed by atoms with E-state index in [1.54, 1.807) is 18.5 Å². The minimum Gasteiger partial charge on any atom is -0.321 e. The lowest BCUT2D eigenvalue weighted by molar-refractivity contribution is 0.680. The molecule has 0 saturated carbocycles. The SMILES string of the molecule is C=CCC(N)c1ncc(C)cn1. The highest BCUT2D eigenvalue weighted by atomic mass is 14.9. The van der Waals surface area contributed by atoms with Crippen LogP contribution in [0.4, 0.5) is 0 Å². The van der Waals surface area contributed by atoms with Crippen LogP contribution in [0, 0.1) is 6.92 Å². The molecule has 0 bridgehead atoms. The van der Waals surface area contributed by atoms with Crippen molar-refractivity contribution < 1.29 is 0 Å². The lowest BCUT2D eigenvalue weighted by Gasteiger charge is -2.06. The van der Waals surface area contributed by atoms with Crippen molar-refractivity contribution in [2.75, 3.05) is 0 Å². The van der Waals surface area contributed by atoms with E-state index in [1.165, 1.54) is 0 Å². The zero-order valence-corrected chi connectivity index (χ0v) is 7.20. The van der Waals surface area contributed by atoms with E-state index in [1.807, 2.05) is 6.92 Å². The second-order valence-corrected chi connectivity index (χ2v) is 2.75. The Labute approximate surface area is 72.3 Å². The average Bonchev–Trinajstić information content (AvgIpc) is 2.06. The Kier molecular flexibility index (Phi) is 2.94. The number of hydrogen-bond acceptors (Lipinski definition) is 3. The van der Waals surface area contributed by atoms with E-state index >= 15 is 0 Å². The van der Waals surface area contributed by atoms with Crippen molar-refractivity contribution in [2.45, 2.75) is 19.4 Å². The quantitative estimate of drug-likeness (QED) is 0.684. The third-order valence-electron chi connectivity index (χ3n) is 1.55. The van der Waals surface area contributed by atoms with Crippen molar-refractivity contribution in [1.82, 2.24) is 9.97 Å². The molecule has 0 spiro atoms. The predicted molar refractivity (Wildman–Crippen MR) is 48.5 cm³/mol. The van der Waals surface area contributed by atoms with Gasteiger partial charge in [-0.25, -0.2) is 9.97 Å². The molecular formula is C9H13N3. The van der Waals surface area contributed by atoms with E-state index in [2.05, 4.69) is 16.5 Å². The molecule has 1 atom stereocenters. The van der Waals surface area contributed by atoms with Crippen LogP contribution in [0.3, 0.4) is 0 Å². The van der Waals surface area contributed by atoms with Crippen molar-refractivity contribution in [1.29, 1.82) is 0 Å². The fraction of sp³-hybridized carbons (Fsp3) is 0.333. The second-order valence-electron chi connectivity index (χ2n) is 2.75. The van der Waals surface area contributed by atoms with Crippen LogP contribution in [0.1, 0.15) is 23.9 Å². The van der Waals surface area contributed by atoms with Gasteiger partial charge in [-0.3, -0.25) is 0 Å². The van der Waals surface area contributed by atoms with Crippen LogP contribution in [-0.2, 0) is 0 Å². The molecule has 0 amide bonds. The van der Waals surface area contributed by atoms with Crippen LogP contribution in [0.5, 0.6) is 0 Å². The van der Waals surface area contributed by atoms with Crippen molar-refractivity contribution in [2.24, 2.45) is 5.73 Å². The van der Waals surface area contributed by atoms with Crippen LogP contribution >= 0.6 is 0 Å². The molecule has 1 aromatic heterocycles. The fourth-order valence-electron chi connectivity index (χ4n) is 0.879. The van der Waals surface area contributed by atoms with E-state index in [-0.39, 0.29) is 6.04 Å². The number of nitrogens with zero attached hydrogens (tertiary/aromatic N) is 2. The first-order valence-electron chi connectivity index (χ1n) is 3.89. The maximum absolute atomic E-state index is 5.76. The third-order valence-corrected chi connectivity index (χ3v) is 1.55. The van der Waals surface area contributed by atoms with Gasteiger partial charge in [0.25, 0.3) is 0 Å². The van der Waals surface area contributed by atoms with Crippen molar-refractivity contribution in [3.05, 3.63) is 36.4 Å². The molecule has 64 valence electrons.